The van der Waals surface area contributed by atoms with Gasteiger partial charge in [0.05, 0.1) is 6.61 Å². The van der Waals surface area contributed by atoms with Gasteiger partial charge >= 0.3 is 5.97 Å². The van der Waals surface area contributed by atoms with Gasteiger partial charge in [0.2, 0.25) is 0 Å². The molecule has 1 aromatic rings. The Bertz CT molecular complexity index is 348. The highest BCUT2D eigenvalue weighted by atomic mass is 16.5. The monoisotopic (exact) mass is 192 g/mol. The third-order valence-electron chi connectivity index (χ3n) is 1.50. The molecule has 1 rings (SSSR count). The number of esters is 1. The van der Waals surface area contributed by atoms with Gasteiger partial charge in [-0.3, -0.25) is 0 Å². The van der Waals surface area contributed by atoms with E-state index in [1.165, 1.54) is 6.08 Å². The molecular formula is C10H12N2O2. The van der Waals surface area contributed by atoms with Gasteiger partial charge in [0.25, 0.3) is 0 Å². The predicted molar refractivity (Wildman–Crippen MR) is 54.3 cm³/mol. The Morgan fingerprint density at radius 3 is 3.14 bits per heavy atom. The Hall–Kier alpha value is -1.84. The lowest BCUT2D eigenvalue weighted by Crippen LogP contribution is -1.98. The molecule has 0 atom stereocenters. The van der Waals surface area contributed by atoms with Crippen molar-refractivity contribution in [1.29, 1.82) is 0 Å². The van der Waals surface area contributed by atoms with Crippen LogP contribution in [-0.2, 0) is 9.53 Å². The molecule has 2 N–H and O–H groups in total. The van der Waals surface area contributed by atoms with Crippen LogP contribution in [0.2, 0.25) is 0 Å². The summed E-state index contributed by atoms with van der Waals surface area (Å²) in [5, 5.41) is 0. The topological polar surface area (TPSA) is 65.2 Å². The minimum Gasteiger partial charge on any atom is -0.463 e. The molecule has 0 unspecified atom stereocenters. The summed E-state index contributed by atoms with van der Waals surface area (Å²) in [6, 6.07) is 3.43. The van der Waals surface area contributed by atoms with E-state index in [-0.39, 0.29) is 5.97 Å². The number of aromatic nitrogens is 1. The Morgan fingerprint density at radius 2 is 2.50 bits per heavy atom. The third-order valence-corrected chi connectivity index (χ3v) is 1.50. The normalized spacial score (nSPS) is 10.4. The van der Waals surface area contributed by atoms with Crippen molar-refractivity contribution < 1.29 is 9.53 Å². The summed E-state index contributed by atoms with van der Waals surface area (Å²) in [6.45, 7) is 2.14. The van der Waals surface area contributed by atoms with Crippen molar-refractivity contribution in [2.24, 2.45) is 0 Å². The fourth-order valence-electron chi connectivity index (χ4n) is 0.924. The van der Waals surface area contributed by atoms with E-state index < -0.39 is 0 Å². The maximum Gasteiger partial charge on any atom is 0.330 e. The largest absolute Gasteiger partial charge is 0.463 e. The highest BCUT2D eigenvalue weighted by molar-refractivity contribution is 5.87. The van der Waals surface area contributed by atoms with E-state index in [9.17, 15) is 4.79 Å². The molecule has 0 aliphatic carbocycles. The smallest absolute Gasteiger partial charge is 0.330 e. The van der Waals surface area contributed by atoms with Crippen LogP contribution in [-0.4, -0.2) is 17.6 Å². The number of nitrogen functional groups attached to an aromatic ring is 1. The quantitative estimate of drug-likeness (QED) is 0.578. The molecule has 0 aliphatic rings. The Labute approximate surface area is 82.4 Å². The first kappa shape index (κ1) is 10.2. The minimum atomic E-state index is -0.358. The molecule has 4 nitrogen and oxygen atoms in total. The Morgan fingerprint density at radius 1 is 1.71 bits per heavy atom. The Kier molecular flexibility index (Phi) is 3.67. The van der Waals surface area contributed by atoms with Crippen LogP contribution in [0.15, 0.2) is 24.4 Å². The van der Waals surface area contributed by atoms with Gasteiger partial charge < -0.3 is 10.5 Å². The lowest BCUT2D eigenvalue weighted by atomic mass is 10.2. The average molecular weight is 192 g/mol. The lowest BCUT2D eigenvalue weighted by molar-refractivity contribution is -0.137. The molecule has 0 radical (unpaired) electrons. The minimum absolute atomic E-state index is 0.358. The first-order valence-corrected chi connectivity index (χ1v) is 4.28. The standard InChI is InChI=1S/C10H12N2O2/c1-2-14-10(13)4-3-8-5-6-12-9(11)7-8/h3-7H,2H2,1H3,(H2,11,12)/b4-3+. The van der Waals surface area contributed by atoms with Crippen molar-refractivity contribution in [2.75, 3.05) is 12.3 Å². The average Bonchev–Trinajstić information content (AvgIpc) is 2.15. The Balaban J connectivity index is 2.64. The molecule has 0 spiro atoms. The number of nitrogens with two attached hydrogens (primary N) is 1. The number of nitrogens with zero attached hydrogens (tertiary/aromatic N) is 1. The van der Waals surface area contributed by atoms with Gasteiger partial charge in [0, 0.05) is 12.3 Å². The molecule has 0 amide bonds. The summed E-state index contributed by atoms with van der Waals surface area (Å²) in [4.78, 5) is 14.8. The second-order valence-electron chi connectivity index (χ2n) is 2.60. The van der Waals surface area contributed by atoms with Crippen LogP contribution < -0.4 is 5.73 Å². The number of carbonyl (C=O) groups excluding carboxylic acids is 1. The zero-order valence-corrected chi connectivity index (χ0v) is 7.93. The van der Waals surface area contributed by atoms with Crippen molar-refractivity contribution in [3.05, 3.63) is 30.0 Å². The summed E-state index contributed by atoms with van der Waals surface area (Å²) >= 11 is 0. The van der Waals surface area contributed by atoms with Gasteiger partial charge in [-0.2, -0.15) is 0 Å². The maximum absolute atomic E-state index is 10.9. The van der Waals surface area contributed by atoms with Crippen molar-refractivity contribution in [3.8, 4) is 0 Å². The van der Waals surface area contributed by atoms with Crippen LogP contribution in [0.4, 0.5) is 5.82 Å². The van der Waals surface area contributed by atoms with Crippen molar-refractivity contribution >= 4 is 17.9 Å². The third kappa shape index (κ3) is 3.26. The van der Waals surface area contributed by atoms with Gasteiger partial charge in [-0.1, -0.05) is 0 Å². The number of carbonyl (C=O) groups is 1. The first-order chi connectivity index (χ1) is 6.72. The van der Waals surface area contributed by atoms with E-state index >= 15 is 0 Å². The van der Waals surface area contributed by atoms with Crippen LogP contribution in [0.5, 0.6) is 0 Å². The van der Waals surface area contributed by atoms with Crippen LogP contribution in [0, 0.1) is 0 Å². The summed E-state index contributed by atoms with van der Waals surface area (Å²) in [6.07, 6.45) is 4.58. The second kappa shape index (κ2) is 5.01. The zero-order chi connectivity index (χ0) is 10.4. The van der Waals surface area contributed by atoms with E-state index in [1.807, 2.05) is 0 Å². The van der Waals surface area contributed by atoms with Crippen LogP contribution in [0.25, 0.3) is 6.08 Å². The van der Waals surface area contributed by atoms with Gasteiger partial charge in [-0.05, 0) is 30.7 Å². The summed E-state index contributed by atoms with van der Waals surface area (Å²) < 4.78 is 4.72. The molecular weight excluding hydrogens is 180 g/mol. The van der Waals surface area contributed by atoms with Crippen molar-refractivity contribution in [1.82, 2.24) is 4.98 Å². The van der Waals surface area contributed by atoms with Gasteiger partial charge in [-0.25, -0.2) is 9.78 Å². The fourth-order valence-corrected chi connectivity index (χ4v) is 0.924. The van der Waals surface area contributed by atoms with Crippen LogP contribution in [0.1, 0.15) is 12.5 Å². The number of hydrogen-bond donors (Lipinski definition) is 1. The molecule has 0 aliphatic heterocycles. The van der Waals surface area contributed by atoms with E-state index in [1.54, 1.807) is 31.3 Å². The number of pyridine rings is 1. The molecule has 0 saturated heterocycles. The zero-order valence-electron chi connectivity index (χ0n) is 7.93. The lowest BCUT2D eigenvalue weighted by Gasteiger charge is -1.96. The number of ether oxygens (including phenoxy) is 1. The number of hydrogen-bond acceptors (Lipinski definition) is 4. The summed E-state index contributed by atoms with van der Waals surface area (Å²) in [7, 11) is 0. The van der Waals surface area contributed by atoms with E-state index in [4.69, 9.17) is 10.5 Å². The maximum atomic E-state index is 10.9. The fraction of sp³-hybridized carbons (Fsp3) is 0.200. The molecule has 1 heterocycles. The SMILES string of the molecule is CCOC(=O)/C=C/c1ccnc(N)c1. The molecule has 74 valence electrons. The highest BCUT2D eigenvalue weighted by Gasteiger charge is 1.94. The molecule has 0 saturated carbocycles. The van der Waals surface area contributed by atoms with Gasteiger partial charge in [0.15, 0.2) is 0 Å². The van der Waals surface area contributed by atoms with E-state index in [0.29, 0.717) is 12.4 Å². The van der Waals surface area contributed by atoms with Crippen LogP contribution in [0.3, 0.4) is 0 Å². The predicted octanol–water partition coefficient (Wildman–Crippen LogP) is 1.24. The van der Waals surface area contributed by atoms with E-state index in [2.05, 4.69) is 4.98 Å². The molecule has 0 bridgehead atoms. The van der Waals surface area contributed by atoms with Crippen molar-refractivity contribution in [3.63, 3.8) is 0 Å². The molecule has 14 heavy (non-hydrogen) atoms. The van der Waals surface area contributed by atoms with E-state index in [0.717, 1.165) is 5.56 Å². The van der Waals surface area contributed by atoms with Gasteiger partial charge in [0.1, 0.15) is 5.82 Å². The van der Waals surface area contributed by atoms with Crippen LogP contribution >= 0.6 is 0 Å². The molecule has 4 heteroatoms. The highest BCUT2D eigenvalue weighted by Crippen LogP contribution is 2.04. The molecule has 0 fully saturated rings. The summed E-state index contributed by atoms with van der Waals surface area (Å²) in [5.41, 5.74) is 6.29. The first-order valence-electron chi connectivity index (χ1n) is 4.28. The number of rotatable bonds is 3. The van der Waals surface area contributed by atoms with Crippen molar-refractivity contribution in [2.45, 2.75) is 6.92 Å². The molecule has 1 aromatic heterocycles. The number of anilines is 1. The van der Waals surface area contributed by atoms with Gasteiger partial charge in [-0.15, -0.1) is 0 Å². The second-order valence-corrected chi connectivity index (χ2v) is 2.60. The molecule has 0 aromatic carbocycles. The summed E-state index contributed by atoms with van der Waals surface area (Å²) in [5.74, 6) is 0.0684.